The molecule has 5 nitrogen and oxygen atoms in total. The molecule has 0 saturated heterocycles. The summed E-state index contributed by atoms with van der Waals surface area (Å²) in [7, 11) is 0. The summed E-state index contributed by atoms with van der Waals surface area (Å²) in [5.74, 6) is -1.40. The second-order valence-corrected chi connectivity index (χ2v) is 10.5. The predicted molar refractivity (Wildman–Crippen MR) is 150 cm³/mol. The van der Waals surface area contributed by atoms with Crippen LogP contribution in [-0.4, -0.2) is 26.9 Å². The Kier molecular flexibility index (Phi) is 7.06. The Morgan fingerprint density at radius 1 is 1.18 bits per heavy atom. The number of carboxylic acids is 1. The van der Waals surface area contributed by atoms with Crippen LogP contribution >= 0.6 is 0 Å². The molecule has 0 spiro atoms. The monoisotopic (exact) mass is 511 g/mol. The van der Waals surface area contributed by atoms with Crippen molar-refractivity contribution in [2.75, 3.05) is 4.90 Å². The van der Waals surface area contributed by atoms with Crippen molar-refractivity contribution in [3.05, 3.63) is 107 Å². The molecule has 0 fully saturated rings. The lowest BCUT2D eigenvalue weighted by Gasteiger charge is -2.46. The summed E-state index contributed by atoms with van der Waals surface area (Å²) in [6.07, 6.45) is 10.6. The van der Waals surface area contributed by atoms with E-state index in [0.717, 1.165) is 41.4 Å². The van der Waals surface area contributed by atoms with Gasteiger partial charge in [-0.2, -0.15) is 5.10 Å². The first-order valence-corrected chi connectivity index (χ1v) is 13.3. The third-order valence-electron chi connectivity index (χ3n) is 7.65. The van der Waals surface area contributed by atoms with E-state index in [1.54, 1.807) is 0 Å². The molecule has 1 aliphatic carbocycles. The number of hydrogen-bond acceptors (Lipinski definition) is 3. The molecule has 196 valence electrons. The van der Waals surface area contributed by atoms with E-state index in [4.69, 9.17) is 5.11 Å². The molecule has 0 saturated carbocycles. The van der Waals surface area contributed by atoms with E-state index < -0.39 is 11.9 Å². The number of fused-ring (bicyclic) bond motifs is 1. The Morgan fingerprint density at radius 3 is 2.61 bits per heavy atom. The number of carboxylic acid groups (broad SMARTS) is 1. The maximum atomic E-state index is 15.6. The molecule has 0 radical (unpaired) electrons. The summed E-state index contributed by atoms with van der Waals surface area (Å²) in [4.78, 5) is 13.4. The molecule has 0 bridgehead atoms. The zero-order valence-electron chi connectivity index (χ0n) is 22.3. The van der Waals surface area contributed by atoms with Gasteiger partial charge in [0.15, 0.2) is 0 Å². The summed E-state index contributed by atoms with van der Waals surface area (Å²) in [5.41, 5.74) is 7.37. The van der Waals surface area contributed by atoms with E-state index in [0.29, 0.717) is 11.5 Å². The molecule has 1 aliphatic heterocycles. The molecule has 1 N–H and O–H groups in total. The minimum atomic E-state index is -1.05. The van der Waals surface area contributed by atoms with Crippen molar-refractivity contribution < 1.29 is 14.3 Å². The highest BCUT2D eigenvalue weighted by Crippen LogP contribution is 2.47. The lowest BCUT2D eigenvalue weighted by atomic mass is 9.80. The van der Waals surface area contributed by atoms with Gasteiger partial charge in [-0.1, -0.05) is 50.3 Å². The van der Waals surface area contributed by atoms with Gasteiger partial charge in [0.2, 0.25) is 0 Å². The Morgan fingerprint density at radius 2 is 1.95 bits per heavy atom. The molecule has 3 atom stereocenters. The number of nitrogens with zero attached hydrogens (tertiary/aromatic N) is 3. The van der Waals surface area contributed by atoms with Crippen molar-refractivity contribution in [3.8, 4) is 11.1 Å². The van der Waals surface area contributed by atoms with Crippen molar-refractivity contribution in [2.24, 2.45) is 5.92 Å². The highest BCUT2D eigenvalue weighted by Gasteiger charge is 2.40. The summed E-state index contributed by atoms with van der Waals surface area (Å²) in [6.45, 7) is 9.42. The van der Waals surface area contributed by atoms with E-state index >= 15 is 4.39 Å². The molecule has 0 amide bonds. The first kappa shape index (κ1) is 25.7. The minimum Gasteiger partial charge on any atom is -0.478 e. The Balaban J connectivity index is 1.60. The van der Waals surface area contributed by atoms with Crippen LogP contribution in [0.5, 0.6) is 0 Å². The number of aromatic nitrogens is 2. The molecule has 2 unspecified atom stereocenters. The number of hydrogen-bond donors (Lipinski definition) is 1. The van der Waals surface area contributed by atoms with E-state index in [2.05, 4.69) is 86.4 Å². The molecule has 5 rings (SSSR count). The van der Waals surface area contributed by atoms with E-state index in [-0.39, 0.29) is 17.9 Å². The number of carbonyl (C=O) groups is 1. The van der Waals surface area contributed by atoms with Crippen molar-refractivity contribution >= 4 is 11.7 Å². The van der Waals surface area contributed by atoms with Crippen molar-refractivity contribution in [3.63, 3.8) is 0 Å². The molecule has 1 aromatic heterocycles. The second-order valence-electron chi connectivity index (χ2n) is 10.5. The Hall–Kier alpha value is -3.93. The number of halogens is 1. The lowest BCUT2D eigenvalue weighted by molar-refractivity contribution is -0.131. The zero-order valence-corrected chi connectivity index (χ0v) is 22.3. The van der Waals surface area contributed by atoms with E-state index in [1.165, 1.54) is 23.3 Å². The van der Waals surface area contributed by atoms with Gasteiger partial charge in [0.1, 0.15) is 5.83 Å². The van der Waals surface area contributed by atoms with Crippen molar-refractivity contribution in [2.45, 2.75) is 58.7 Å². The standard InChI is InChI=1S/C32H34FN3O2/c1-5-35-19-26(18-34-35)24-9-12-28-25(17-24)14-21(4)36(27-10-7-23(8-11-27)20(2)3)32(28)29-15-22(16-30(29)33)6-13-31(37)38/h6-13,15-21,29,32H,5,14H2,1-4H3,(H,37,38)/b13-6+/t21-,29?,32?/m1/s1. The van der Waals surface area contributed by atoms with Crippen LogP contribution in [-0.2, 0) is 17.8 Å². The van der Waals surface area contributed by atoms with Gasteiger partial charge in [-0.3, -0.25) is 4.68 Å². The van der Waals surface area contributed by atoms with Gasteiger partial charge in [0, 0.05) is 36.1 Å². The average molecular weight is 512 g/mol. The highest BCUT2D eigenvalue weighted by atomic mass is 19.1. The molecule has 38 heavy (non-hydrogen) atoms. The van der Waals surface area contributed by atoms with Crippen molar-refractivity contribution in [1.82, 2.24) is 9.78 Å². The third-order valence-corrected chi connectivity index (χ3v) is 7.65. The number of rotatable bonds is 7. The maximum Gasteiger partial charge on any atom is 0.328 e. The van der Waals surface area contributed by atoms with Gasteiger partial charge < -0.3 is 10.0 Å². The average Bonchev–Trinajstić information content (AvgIpc) is 3.53. The number of benzene rings is 2. The van der Waals surface area contributed by atoms with Gasteiger partial charge in [-0.25, -0.2) is 9.18 Å². The van der Waals surface area contributed by atoms with Crippen LogP contribution in [0, 0.1) is 5.92 Å². The number of aliphatic carboxylic acids is 1. The Labute approximate surface area is 223 Å². The van der Waals surface area contributed by atoms with Crippen LogP contribution in [0.15, 0.2) is 90.6 Å². The van der Waals surface area contributed by atoms with Crippen molar-refractivity contribution in [1.29, 1.82) is 0 Å². The number of anilines is 1. The molecule has 6 heteroatoms. The zero-order chi connectivity index (χ0) is 27.0. The van der Waals surface area contributed by atoms with Crippen LogP contribution in [0.1, 0.15) is 56.3 Å². The van der Waals surface area contributed by atoms with Gasteiger partial charge in [-0.05, 0) is 78.3 Å². The second kappa shape index (κ2) is 10.4. The quantitative estimate of drug-likeness (QED) is 0.340. The van der Waals surface area contributed by atoms with Crippen LogP contribution in [0.4, 0.5) is 10.1 Å². The maximum absolute atomic E-state index is 15.6. The fourth-order valence-corrected chi connectivity index (χ4v) is 5.69. The molecular weight excluding hydrogens is 477 g/mol. The number of aryl methyl sites for hydroxylation is 1. The fourth-order valence-electron chi connectivity index (χ4n) is 5.69. The van der Waals surface area contributed by atoms with E-state index in [9.17, 15) is 4.79 Å². The molecule has 3 aromatic rings. The van der Waals surface area contributed by atoms with Gasteiger partial charge in [0.25, 0.3) is 0 Å². The highest BCUT2D eigenvalue weighted by molar-refractivity contribution is 5.80. The largest absolute Gasteiger partial charge is 0.478 e. The molecule has 2 heterocycles. The first-order chi connectivity index (χ1) is 18.2. The topological polar surface area (TPSA) is 58.4 Å². The summed E-state index contributed by atoms with van der Waals surface area (Å²) in [5, 5.41) is 13.5. The van der Waals surface area contributed by atoms with Crippen LogP contribution < -0.4 is 4.90 Å². The molecule has 2 aliphatic rings. The van der Waals surface area contributed by atoms with E-state index in [1.807, 2.05) is 17.0 Å². The smallest absolute Gasteiger partial charge is 0.328 e. The fraction of sp³-hybridized carbons (Fsp3) is 0.312. The SMILES string of the molecule is CCn1cc(-c2ccc3c(c2)C[C@@H](C)N(c2ccc(C(C)C)cc2)C3C2C=C(/C=C/C(=O)O)C=C2F)cn1. The van der Waals surface area contributed by atoms with Gasteiger partial charge in [-0.15, -0.1) is 0 Å². The summed E-state index contributed by atoms with van der Waals surface area (Å²) >= 11 is 0. The lowest BCUT2D eigenvalue weighted by Crippen LogP contribution is -2.45. The van der Waals surface area contributed by atoms with Crippen LogP contribution in [0.3, 0.4) is 0 Å². The third kappa shape index (κ3) is 4.95. The van der Waals surface area contributed by atoms with Crippen LogP contribution in [0.2, 0.25) is 0 Å². The normalized spacial score (nSPS) is 21.1. The predicted octanol–water partition coefficient (Wildman–Crippen LogP) is 7.24. The first-order valence-electron chi connectivity index (χ1n) is 13.3. The number of allylic oxidation sites excluding steroid dienone is 3. The van der Waals surface area contributed by atoms with Gasteiger partial charge in [0.05, 0.1) is 18.2 Å². The van der Waals surface area contributed by atoms with Crippen LogP contribution in [0.25, 0.3) is 11.1 Å². The summed E-state index contributed by atoms with van der Waals surface area (Å²) in [6, 6.07) is 14.9. The van der Waals surface area contributed by atoms with Gasteiger partial charge >= 0.3 is 5.97 Å². The summed E-state index contributed by atoms with van der Waals surface area (Å²) < 4.78 is 17.5. The molecular formula is C32H34FN3O2. The molecule has 2 aromatic carbocycles. The minimum absolute atomic E-state index is 0.130. The Bertz CT molecular complexity index is 1430.